The molecule has 0 aliphatic carbocycles. The normalized spacial score (nSPS) is 11.6. The zero-order valence-corrected chi connectivity index (χ0v) is 13.3. The number of fused-ring (bicyclic) bond motifs is 1. The van der Waals surface area contributed by atoms with Gasteiger partial charge < -0.3 is 15.4 Å². The molecule has 0 radical (unpaired) electrons. The minimum absolute atomic E-state index is 0.116. The van der Waals surface area contributed by atoms with E-state index in [1.54, 1.807) is 18.2 Å². The zero-order chi connectivity index (χ0) is 16.6. The van der Waals surface area contributed by atoms with Crippen LogP contribution in [0, 0.1) is 0 Å². The number of rotatable bonds is 3. The molecule has 0 amide bonds. The lowest BCUT2D eigenvalue weighted by molar-refractivity contribution is 0.0697. The molecule has 3 rings (SSSR count). The van der Waals surface area contributed by atoms with Gasteiger partial charge in [-0.3, -0.25) is 0 Å². The van der Waals surface area contributed by atoms with E-state index < -0.39 is 5.97 Å². The molecule has 0 spiro atoms. The zero-order valence-electron chi connectivity index (χ0n) is 13.3. The third-order valence-corrected chi connectivity index (χ3v) is 3.74. The molecule has 3 aromatic rings. The maximum atomic E-state index is 11.0. The Balaban J connectivity index is 1.85. The first-order valence-corrected chi connectivity index (χ1v) is 7.43. The molecule has 0 aliphatic heterocycles. The molecule has 0 aliphatic rings. The lowest BCUT2D eigenvalue weighted by atomic mass is 9.87. The minimum atomic E-state index is -0.950. The summed E-state index contributed by atoms with van der Waals surface area (Å²) in [6.45, 7) is 6.53. The molecule has 3 N–H and O–H groups in total. The highest BCUT2D eigenvalue weighted by molar-refractivity contribution is 5.92. The van der Waals surface area contributed by atoms with Crippen LogP contribution in [0.2, 0.25) is 0 Å². The average Bonchev–Trinajstić information content (AvgIpc) is 2.87. The Bertz CT molecular complexity index is 858. The van der Waals surface area contributed by atoms with Crippen molar-refractivity contribution in [2.45, 2.75) is 26.2 Å². The number of hydrogen-bond acceptors (Lipinski definition) is 3. The second-order valence-electron chi connectivity index (χ2n) is 6.57. The number of H-pyrrole nitrogens is 1. The molecule has 0 unspecified atom stereocenters. The molecule has 0 bridgehead atoms. The summed E-state index contributed by atoms with van der Waals surface area (Å²) in [7, 11) is 0. The standard InChI is InChI=1S/C18H19N3O2/c1-18(2,3)12-5-7-13(8-6-12)19-17-20-14-9-4-11(16(22)23)10-15(14)21-17/h4-10H,1-3H3,(H,22,23)(H2,19,20,21). The van der Waals surface area contributed by atoms with Crippen LogP contribution in [0.15, 0.2) is 42.5 Å². The van der Waals surface area contributed by atoms with Crippen LogP contribution in [-0.2, 0) is 5.41 Å². The SMILES string of the molecule is CC(C)(C)c1ccc(Nc2nc3ccc(C(=O)O)cc3[nH]2)cc1. The van der Waals surface area contributed by atoms with Crippen LogP contribution < -0.4 is 5.32 Å². The van der Waals surface area contributed by atoms with E-state index in [0.717, 1.165) is 11.2 Å². The Morgan fingerprint density at radius 2 is 1.83 bits per heavy atom. The monoisotopic (exact) mass is 309 g/mol. The molecule has 2 aromatic carbocycles. The molecule has 118 valence electrons. The number of aromatic carboxylic acids is 1. The number of nitrogens with one attached hydrogen (secondary N) is 2. The van der Waals surface area contributed by atoms with Crippen LogP contribution in [0.3, 0.4) is 0 Å². The fourth-order valence-corrected chi connectivity index (χ4v) is 2.39. The van der Waals surface area contributed by atoms with Crippen molar-refractivity contribution in [3.63, 3.8) is 0 Å². The molecule has 0 fully saturated rings. The number of aromatic nitrogens is 2. The summed E-state index contributed by atoms with van der Waals surface area (Å²) >= 11 is 0. The summed E-state index contributed by atoms with van der Waals surface area (Å²) in [6.07, 6.45) is 0. The van der Waals surface area contributed by atoms with Gasteiger partial charge in [0.2, 0.25) is 5.95 Å². The molecule has 0 saturated carbocycles. The van der Waals surface area contributed by atoms with E-state index in [0.29, 0.717) is 11.5 Å². The third kappa shape index (κ3) is 3.18. The first-order chi connectivity index (χ1) is 10.8. The van der Waals surface area contributed by atoms with Gasteiger partial charge in [0.15, 0.2) is 0 Å². The summed E-state index contributed by atoms with van der Waals surface area (Å²) in [4.78, 5) is 18.5. The number of anilines is 2. The van der Waals surface area contributed by atoms with E-state index in [2.05, 4.69) is 48.2 Å². The maximum absolute atomic E-state index is 11.0. The Kier molecular flexibility index (Phi) is 3.56. The second-order valence-corrected chi connectivity index (χ2v) is 6.57. The van der Waals surface area contributed by atoms with E-state index in [9.17, 15) is 4.79 Å². The predicted molar refractivity (Wildman–Crippen MR) is 91.5 cm³/mol. The summed E-state index contributed by atoms with van der Waals surface area (Å²) in [6, 6.07) is 13.0. The van der Waals surface area contributed by atoms with Crippen molar-refractivity contribution in [2.75, 3.05) is 5.32 Å². The van der Waals surface area contributed by atoms with Gasteiger partial charge in [-0.2, -0.15) is 0 Å². The number of nitrogens with zero attached hydrogens (tertiary/aromatic N) is 1. The van der Waals surface area contributed by atoms with Crippen LogP contribution >= 0.6 is 0 Å². The van der Waals surface area contributed by atoms with E-state index >= 15 is 0 Å². The molecular formula is C18H19N3O2. The Hall–Kier alpha value is -2.82. The van der Waals surface area contributed by atoms with E-state index in [1.165, 1.54) is 5.56 Å². The highest BCUT2D eigenvalue weighted by atomic mass is 16.4. The number of aromatic amines is 1. The van der Waals surface area contributed by atoms with Crippen molar-refractivity contribution < 1.29 is 9.90 Å². The van der Waals surface area contributed by atoms with E-state index in [1.807, 2.05) is 12.1 Å². The van der Waals surface area contributed by atoms with Crippen molar-refractivity contribution in [2.24, 2.45) is 0 Å². The van der Waals surface area contributed by atoms with Crippen LogP contribution in [0.25, 0.3) is 11.0 Å². The van der Waals surface area contributed by atoms with Gasteiger partial charge in [-0.25, -0.2) is 9.78 Å². The number of imidazole rings is 1. The first kappa shape index (κ1) is 15.1. The Morgan fingerprint density at radius 3 is 2.43 bits per heavy atom. The van der Waals surface area contributed by atoms with Crippen molar-refractivity contribution in [1.29, 1.82) is 0 Å². The smallest absolute Gasteiger partial charge is 0.335 e. The van der Waals surface area contributed by atoms with Crippen LogP contribution in [0.4, 0.5) is 11.6 Å². The molecule has 0 atom stereocenters. The molecule has 5 nitrogen and oxygen atoms in total. The highest BCUT2D eigenvalue weighted by Gasteiger charge is 2.13. The molecule has 1 heterocycles. The lowest BCUT2D eigenvalue weighted by Gasteiger charge is -2.19. The number of carboxylic acids is 1. The summed E-state index contributed by atoms with van der Waals surface area (Å²) in [5.41, 5.74) is 3.96. The van der Waals surface area contributed by atoms with Crippen molar-refractivity contribution in [3.05, 3.63) is 53.6 Å². The van der Waals surface area contributed by atoms with Crippen molar-refractivity contribution in [3.8, 4) is 0 Å². The van der Waals surface area contributed by atoms with Gasteiger partial charge in [0.25, 0.3) is 0 Å². The van der Waals surface area contributed by atoms with Gasteiger partial charge >= 0.3 is 5.97 Å². The van der Waals surface area contributed by atoms with E-state index in [-0.39, 0.29) is 11.0 Å². The minimum Gasteiger partial charge on any atom is -0.478 e. The van der Waals surface area contributed by atoms with Gasteiger partial charge in [0.1, 0.15) is 0 Å². The van der Waals surface area contributed by atoms with Gasteiger partial charge in [0, 0.05) is 5.69 Å². The van der Waals surface area contributed by atoms with Gasteiger partial charge in [-0.05, 0) is 41.3 Å². The molecule has 1 aromatic heterocycles. The van der Waals surface area contributed by atoms with Crippen molar-refractivity contribution >= 4 is 28.6 Å². The second kappa shape index (κ2) is 5.43. The predicted octanol–water partition coefficient (Wildman–Crippen LogP) is 4.30. The topological polar surface area (TPSA) is 78.0 Å². The van der Waals surface area contributed by atoms with Crippen LogP contribution in [-0.4, -0.2) is 21.0 Å². The quantitative estimate of drug-likeness (QED) is 0.674. The van der Waals surface area contributed by atoms with Crippen molar-refractivity contribution in [1.82, 2.24) is 9.97 Å². The highest BCUT2D eigenvalue weighted by Crippen LogP contribution is 2.25. The van der Waals surface area contributed by atoms with E-state index in [4.69, 9.17) is 5.11 Å². The van der Waals surface area contributed by atoms with Crippen LogP contribution in [0.5, 0.6) is 0 Å². The lowest BCUT2D eigenvalue weighted by Crippen LogP contribution is -2.10. The average molecular weight is 309 g/mol. The fraction of sp³-hybridized carbons (Fsp3) is 0.222. The first-order valence-electron chi connectivity index (χ1n) is 7.43. The fourth-order valence-electron chi connectivity index (χ4n) is 2.39. The van der Waals surface area contributed by atoms with Gasteiger partial charge in [-0.1, -0.05) is 32.9 Å². The summed E-state index contributed by atoms with van der Waals surface area (Å²) in [5.74, 6) is -0.361. The number of benzene rings is 2. The number of carbonyl (C=O) groups is 1. The third-order valence-electron chi connectivity index (χ3n) is 3.74. The maximum Gasteiger partial charge on any atom is 0.335 e. The van der Waals surface area contributed by atoms with Gasteiger partial charge in [-0.15, -0.1) is 0 Å². The number of carboxylic acid groups (broad SMARTS) is 1. The summed E-state index contributed by atoms with van der Waals surface area (Å²) < 4.78 is 0. The molecule has 23 heavy (non-hydrogen) atoms. The molecule has 0 saturated heterocycles. The van der Waals surface area contributed by atoms with Crippen LogP contribution in [0.1, 0.15) is 36.7 Å². The molecule has 5 heteroatoms. The largest absolute Gasteiger partial charge is 0.478 e. The van der Waals surface area contributed by atoms with Gasteiger partial charge in [0.05, 0.1) is 16.6 Å². The Morgan fingerprint density at radius 1 is 1.13 bits per heavy atom. The Labute approximate surface area is 134 Å². The number of hydrogen-bond donors (Lipinski definition) is 3. The molecular weight excluding hydrogens is 290 g/mol. The summed E-state index contributed by atoms with van der Waals surface area (Å²) in [5, 5.41) is 12.2.